The van der Waals surface area contributed by atoms with Gasteiger partial charge in [0.1, 0.15) is 0 Å². The van der Waals surface area contributed by atoms with Gasteiger partial charge in [-0.15, -0.1) is 0 Å². The van der Waals surface area contributed by atoms with Crippen molar-refractivity contribution in [1.29, 1.82) is 0 Å². The van der Waals surface area contributed by atoms with Crippen molar-refractivity contribution in [3.05, 3.63) is 0 Å². The molecule has 0 spiro atoms. The number of rotatable bonds is 1. The topological polar surface area (TPSA) is 0 Å². The van der Waals surface area contributed by atoms with E-state index in [1.165, 1.54) is 25.7 Å². The minimum atomic E-state index is 1.16. The van der Waals surface area contributed by atoms with Crippen molar-refractivity contribution in [3.63, 3.8) is 0 Å². The lowest BCUT2D eigenvalue weighted by atomic mass is 9.90. The van der Waals surface area contributed by atoms with Crippen LogP contribution in [0.3, 0.4) is 0 Å². The quantitative estimate of drug-likeness (QED) is 0.521. The average Bonchev–Trinajstić information content (AvgIpc) is 2.59. The van der Waals surface area contributed by atoms with E-state index in [-0.39, 0.29) is 0 Å². The van der Waals surface area contributed by atoms with Gasteiger partial charge in [-0.1, -0.05) is 51.4 Å². The highest BCUT2D eigenvalue weighted by Gasteiger charge is 2.26. The van der Waals surface area contributed by atoms with Crippen molar-refractivity contribution >= 4 is 0 Å². The van der Waals surface area contributed by atoms with Gasteiger partial charge in [-0.3, -0.25) is 0 Å². The Morgan fingerprint density at radius 1 is 0.500 bits per heavy atom. The summed E-state index contributed by atoms with van der Waals surface area (Å²) in [4.78, 5) is 0. The molecule has 0 saturated heterocycles. The number of hydrogen-bond donors (Lipinski definition) is 0. The largest absolute Gasteiger partial charge is 0.0530 e. The molecule has 58 valence electrons. The van der Waals surface area contributed by atoms with E-state index < -0.39 is 0 Å². The normalized spacial score (nSPS) is 30.0. The predicted molar refractivity (Wildman–Crippen MR) is 43.9 cm³/mol. The molecule has 0 atom stereocenters. The van der Waals surface area contributed by atoms with E-state index in [4.69, 9.17) is 0 Å². The number of hydrogen-bond acceptors (Lipinski definition) is 0. The van der Waals surface area contributed by atoms with E-state index in [2.05, 4.69) is 0 Å². The van der Waals surface area contributed by atoms with Crippen LogP contribution >= 0.6 is 0 Å². The highest BCUT2D eigenvalue weighted by atomic mass is 14.3. The fourth-order valence-corrected chi connectivity index (χ4v) is 2.86. The Bertz CT molecular complexity index is 80.6. The first-order valence-corrected chi connectivity index (χ1v) is 4.97. The lowest BCUT2D eigenvalue weighted by molar-refractivity contribution is 0.347. The highest BCUT2D eigenvalue weighted by molar-refractivity contribution is 4.78. The minimum Gasteiger partial charge on any atom is -0.0530 e. The Morgan fingerprint density at radius 2 is 0.800 bits per heavy atom. The molecule has 0 aliphatic heterocycles. The van der Waals surface area contributed by atoms with Gasteiger partial charge < -0.3 is 0 Å². The molecular formula is C10H18. The zero-order valence-electron chi connectivity index (χ0n) is 6.81. The van der Waals surface area contributed by atoms with Crippen molar-refractivity contribution in [3.8, 4) is 0 Å². The lowest BCUT2D eigenvalue weighted by Gasteiger charge is -2.16. The Kier molecular flexibility index (Phi) is 1.97. The summed E-state index contributed by atoms with van der Waals surface area (Å²) in [6.07, 6.45) is 12.4. The third-order valence-corrected chi connectivity index (χ3v) is 3.47. The fraction of sp³-hybridized carbons (Fsp3) is 1.00. The minimum absolute atomic E-state index is 1.16. The third kappa shape index (κ3) is 1.21. The van der Waals surface area contributed by atoms with Gasteiger partial charge in [0, 0.05) is 0 Å². The first-order chi connectivity index (χ1) is 4.97. The van der Waals surface area contributed by atoms with Gasteiger partial charge in [-0.2, -0.15) is 0 Å². The Labute approximate surface area is 64.0 Å². The molecule has 10 heavy (non-hydrogen) atoms. The predicted octanol–water partition coefficient (Wildman–Crippen LogP) is 3.37. The van der Waals surface area contributed by atoms with Crippen LogP contribution < -0.4 is 0 Å². The van der Waals surface area contributed by atoms with Crippen LogP contribution in [0.25, 0.3) is 0 Å². The molecule has 0 radical (unpaired) electrons. The van der Waals surface area contributed by atoms with Crippen molar-refractivity contribution in [2.24, 2.45) is 11.8 Å². The smallest absolute Gasteiger partial charge is 0.0386 e. The van der Waals surface area contributed by atoms with E-state index in [9.17, 15) is 0 Å². The molecule has 0 unspecified atom stereocenters. The van der Waals surface area contributed by atoms with E-state index in [0.717, 1.165) is 11.8 Å². The van der Waals surface area contributed by atoms with Crippen LogP contribution in [0.15, 0.2) is 0 Å². The van der Waals surface area contributed by atoms with Gasteiger partial charge in [-0.05, 0) is 11.8 Å². The molecular weight excluding hydrogens is 120 g/mol. The summed E-state index contributed by atoms with van der Waals surface area (Å²) in [5.74, 6) is 2.31. The molecule has 0 aromatic rings. The molecule has 0 nitrogen and oxygen atoms in total. The maximum absolute atomic E-state index is 1.56. The lowest BCUT2D eigenvalue weighted by Crippen LogP contribution is -2.06. The molecule has 0 bridgehead atoms. The maximum atomic E-state index is 1.56. The summed E-state index contributed by atoms with van der Waals surface area (Å²) >= 11 is 0. The van der Waals surface area contributed by atoms with Crippen LogP contribution in [0.5, 0.6) is 0 Å². The molecule has 0 aromatic heterocycles. The molecule has 0 aromatic carbocycles. The summed E-state index contributed by atoms with van der Waals surface area (Å²) in [5.41, 5.74) is 0. The maximum Gasteiger partial charge on any atom is -0.0386 e. The van der Waals surface area contributed by atoms with Crippen LogP contribution in [0.1, 0.15) is 51.4 Å². The van der Waals surface area contributed by atoms with Crippen LogP contribution in [0, 0.1) is 11.8 Å². The second kappa shape index (κ2) is 2.94. The van der Waals surface area contributed by atoms with E-state index >= 15 is 0 Å². The van der Waals surface area contributed by atoms with Gasteiger partial charge in [-0.25, -0.2) is 0 Å². The standard InChI is InChI=1S/C10H18/c1-2-6-9(5-1)10-7-3-4-8-10/h9-10H,1-8H2. The summed E-state index contributed by atoms with van der Waals surface area (Å²) in [5, 5.41) is 0. The van der Waals surface area contributed by atoms with Crippen LogP contribution in [0.4, 0.5) is 0 Å². The van der Waals surface area contributed by atoms with Crippen LogP contribution in [0.2, 0.25) is 0 Å². The summed E-state index contributed by atoms with van der Waals surface area (Å²) in [6.45, 7) is 0. The molecule has 2 aliphatic carbocycles. The molecule has 0 heterocycles. The van der Waals surface area contributed by atoms with E-state index in [1.807, 2.05) is 0 Å². The Balaban J connectivity index is 1.85. The van der Waals surface area contributed by atoms with E-state index in [0.29, 0.717) is 0 Å². The SMILES string of the molecule is C1CCC(C2CCCC2)C1. The monoisotopic (exact) mass is 138 g/mol. The highest BCUT2D eigenvalue weighted by Crippen LogP contribution is 2.39. The molecule has 0 N–H and O–H groups in total. The van der Waals surface area contributed by atoms with Gasteiger partial charge in [0.2, 0.25) is 0 Å². The Hall–Kier alpha value is 0. The molecule has 2 saturated carbocycles. The second-order valence-electron chi connectivity index (χ2n) is 4.09. The average molecular weight is 138 g/mol. The molecule has 2 fully saturated rings. The molecule has 0 amide bonds. The molecule has 2 rings (SSSR count). The van der Waals surface area contributed by atoms with Gasteiger partial charge >= 0.3 is 0 Å². The van der Waals surface area contributed by atoms with E-state index in [1.54, 1.807) is 25.7 Å². The van der Waals surface area contributed by atoms with Crippen LogP contribution in [-0.2, 0) is 0 Å². The van der Waals surface area contributed by atoms with Crippen molar-refractivity contribution < 1.29 is 0 Å². The summed E-state index contributed by atoms with van der Waals surface area (Å²) in [7, 11) is 0. The van der Waals surface area contributed by atoms with Crippen molar-refractivity contribution in [2.45, 2.75) is 51.4 Å². The first-order valence-electron chi connectivity index (χ1n) is 4.97. The zero-order chi connectivity index (χ0) is 6.81. The second-order valence-corrected chi connectivity index (χ2v) is 4.09. The Morgan fingerprint density at radius 3 is 1.10 bits per heavy atom. The molecule has 2 aliphatic rings. The third-order valence-electron chi connectivity index (χ3n) is 3.47. The summed E-state index contributed by atoms with van der Waals surface area (Å²) < 4.78 is 0. The zero-order valence-corrected chi connectivity index (χ0v) is 6.81. The van der Waals surface area contributed by atoms with Crippen molar-refractivity contribution in [1.82, 2.24) is 0 Å². The molecule has 0 heteroatoms. The van der Waals surface area contributed by atoms with Crippen LogP contribution in [-0.4, -0.2) is 0 Å². The van der Waals surface area contributed by atoms with Gasteiger partial charge in [0.05, 0.1) is 0 Å². The summed E-state index contributed by atoms with van der Waals surface area (Å²) in [6, 6.07) is 0. The van der Waals surface area contributed by atoms with Gasteiger partial charge in [0.15, 0.2) is 0 Å². The van der Waals surface area contributed by atoms with Crippen molar-refractivity contribution in [2.75, 3.05) is 0 Å². The first kappa shape index (κ1) is 6.69. The fourth-order valence-electron chi connectivity index (χ4n) is 2.86. The van der Waals surface area contributed by atoms with Gasteiger partial charge in [0.25, 0.3) is 0 Å².